The number of halogens is 2. The zero-order chi connectivity index (χ0) is 19.9. The number of hydrogen-bond donors (Lipinski definition) is 5. The fourth-order valence-corrected chi connectivity index (χ4v) is 3.92. The number of aliphatic hydroxyl groups is 2. The molecule has 9 heteroatoms. The van der Waals surface area contributed by atoms with Crippen LogP contribution in [-0.4, -0.2) is 40.9 Å². The fraction of sp³-hybridized carbons (Fsp3) is 0.368. The van der Waals surface area contributed by atoms with E-state index in [4.69, 9.17) is 16.4 Å². The van der Waals surface area contributed by atoms with Crippen LogP contribution in [0.2, 0.25) is 5.02 Å². The van der Waals surface area contributed by atoms with E-state index in [1.54, 1.807) is 23.1 Å². The number of rotatable bonds is 4. The van der Waals surface area contributed by atoms with Gasteiger partial charge in [-0.3, -0.25) is 10.2 Å². The first-order valence-corrected chi connectivity index (χ1v) is 9.26. The number of nitrogens with one attached hydrogen (secondary N) is 2. The number of anilines is 1. The van der Waals surface area contributed by atoms with Crippen molar-refractivity contribution in [3.8, 4) is 5.75 Å². The Hall–Kier alpha value is -1.94. The molecular formula is C19H21ClFN3O4. The first-order chi connectivity index (χ1) is 13.4. The number of nitrogens with zero attached hydrogens (tertiary/aromatic N) is 1. The van der Waals surface area contributed by atoms with Crippen LogP contribution in [0.4, 0.5) is 10.1 Å². The summed E-state index contributed by atoms with van der Waals surface area (Å²) in [6.45, 7) is 0.131. The Bertz CT molecular complexity index is 856. The van der Waals surface area contributed by atoms with E-state index in [1.807, 2.05) is 12.1 Å². The quantitative estimate of drug-likeness (QED) is 0.525. The molecule has 2 fully saturated rings. The molecule has 2 aromatic rings. The van der Waals surface area contributed by atoms with E-state index in [2.05, 4.69) is 10.8 Å². The van der Waals surface area contributed by atoms with Crippen LogP contribution in [0.5, 0.6) is 5.75 Å². The first kappa shape index (κ1) is 19.4. The average molecular weight is 410 g/mol. The van der Waals surface area contributed by atoms with Crippen molar-refractivity contribution in [2.75, 3.05) is 18.1 Å². The lowest BCUT2D eigenvalue weighted by molar-refractivity contribution is -0.0743. The molecule has 2 aliphatic rings. The second-order valence-electron chi connectivity index (χ2n) is 7.24. The SMILES string of the molecule is OCC1(C2NC(c3ccc(O)c(F)c3)NO2)CC(O)N(c2ccc(Cl)cc2)C1. The monoisotopic (exact) mass is 409 g/mol. The molecular weight excluding hydrogens is 389 g/mol. The molecule has 2 aliphatic heterocycles. The average Bonchev–Trinajstić information content (AvgIpc) is 3.30. The molecule has 4 unspecified atom stereocenters. The van der Waals surface area contributed by atoms with Gasteiger partial charge in [-0.25, -0.2) is 4.39 Å². The fourth-order valence-electron chi connectivity index (χ4n) is 3.79. The molecule has 2 saturated heterocycles. The van der Waals surface area contributed by atoms with E-state index in [-0.39, 0.29) is 13.0 Å². The summed E-state index contributed by atoms with van der Waals surface area (Å²) in [6.07, 6.45) is -1.66. The topological polar surface area (TPSA) is 97.2 Å². The van der Waals surface area contributed by atoms with Crippen LogP contribution >= 0.6 is 11.6 Å². The maximum Gasteiger partial charge on any atom is 0.165 e. The maximum atomic E-state index is 13.7. The maximum absolute atomic E-state index is 13.7. The van der Waals surface area contributed by atoms with Crippen molar-refractivity contribution in [3.63, 3.8) is 0 Å². The summed E-state index contributed by atoms with van der Waals surface area (Å²) in [6, 6.07) is 11.1. The second kappa shape index (κ2) is 7.47. The highest BCUT2D eigenvalue weighted by atomic mass is 35.5. The first-order valence-electron chi connectivity index (χ1n) is 8.89. The molecule has 0 aromatic heterocycles. The van der Waals surface area contributed by atoms with Gasteiger partial charge in [0, 0.05) is 23.7 Å². The lowest BCUT2D eigenvalue weighted by atomic mass is 9.85. The van der Waals surface area contributed by atoms with E-state index < -0.39 is 35.6 Å². The summed E-state index contributed by atoms with van der Waals surface area (Å²) in [5.41, 5.74) is 3.34. The Kier molecular flexibility index (Phi) is 5.17. The van der Waals surface area contributed by atoms with E-state index in [9.17, 15) is 19.7 Å². The van der Waals surface area contributed by atoms with Gasteiger partial charge in [-0.05, 0) is 42.0 Å². The number of hydrogen-bond acceptors (Lipinski definition) is 7. The van der Waals surface area contributed by atoms with E-state index >= 15 is 0 Å². The van der Waals surface area contributed by atoms with Crippen molar-refractivity contribution in [1.82, 2.24) is 10.8 Å². The Morgan fingerprint density at radius 1 is 1.25 bits per heavy atom. The van der Waals surface area contributed by atoms with Crippen LogP contribution in [0.25, 0.3) is 0 Å². The predicted molar refractivity (Wildman–Crippen MR) is 101 cm³/mol. The molecule has 4 atom stereocenters. The zero-order valence-corrected chi connectivity index (χ0v) is 15.6. The standard InChI is InChI=1S/C19H21ClFN3O4/c20-12-2-4-13(5-3-12)24-9-19(10-25,8-16(24)27)18-22-17(23-28-18)11-1-6-15(26)14(21)7-11/h1-7,16-18,22-23,25-27H,8-10H2. The molecule has 0 amide bonds. The highest BCUT2D eigenvalue weighted by Gasteiger charge is 2.52. The lowest BCUT2D eigenvalue weighted by Gasteiger charge is -2.32. The summed E-state index contributed by atoms with van der Waals surface area (Å²) in [5.74, 6) is -1.16. The van der Waals surface area contributed by atoms with Gasteiger partial charge < -0.3 is 20.2 Å². The van der Waals surface area contributed by atoms with Crippen LogP contribution in [-0.2, 0) is 4.84 Å². The molecule has 7 nitrogen and oxygen atoms in total. The number of aliphatic hydroxyl groups excluding tert-OH is 2. The minimum atomic E-state index is -0.802. The molecule has 0 radical (unpaired) electrons. The van der Waals surface area contributed by atoms with Gasteiger partial charge >= 0.3 is 0 Å². The van der Waals surface area contributed by atoms with E-state index in [0.717, 1.165) is 5.69 Å². The lowest BCUT2D eigenvalue weighted by Crippen LogP contribution is -2.47. The normalized spacial score (nSPS) is 30.1. The molecule has 0 aliphatic carbocycles. The minimum absolute atomic E-state index is 0.218. The van der Waals surface area contributed by atoms with Gasteiger partial charge in [0.05, 0.1) is 12.0 Å². The molecule has 2 heterocycles. The molecule has 28 heavy (non-hydrogen) atoms. The minimum Gasteiger partial charge on any atom is -0.505 e. The summed E-state index contributed by atoms with van der Waals surface area (Å²) in [7, 11) is 0. The summed E-state index contributed by atoms with van der Waals surface area (Å²) < 4.78 is 13.7. The van der Waals surface area contributed by atoms with Gasteiger partial charge in [0.25, 0.3) is 0 Å². The molecule has 4 rings (SSSR count). The molecule has 0 saturated carbocycles. The van der Waals surface area contributed by atoms with Gasteiger partial charge in [0.2, 0.25) is 0 Å². The van der Waals surface area contributed by atoms with Crippen molar-refractivity contribution in [3.05, 3.63) is 58.9 Å². The smallest absolute Gasteiger partial charge is 0.165 e. The van der Waals surface area contributed by atoms with E-state index in [0.29, 0.717) is 17.1 Å². The third-order valence-corrected chi connectivity index (χ3v) is 5.64. The van der Waals surface area contributed by atoms with Crippen molar-refractivity contribution in [1.29, 1.82) is 0 Å². The van der Waals surface area contributed by atoms with Crippen LogP contribution < -0.4 is 15.7 Å². The summed E-state index contributed by atoms with van der Waals surface area (Å²) in [5, 5.41) is 33.9. The predicted octanol–water partition coefficient (Wildman–Crippen LogP) is 1.84. The molecule has 5 N–H and O–H groups in total. The van der Waals surface area contributed by atoms with E-state index in [1.165, 1.54) is 12.1 Å². The van der Waals surface area contributed by atoms with Crippen LogP contribution in [0.3, 0.4) is 0 Å². The Labute approximate surface area is 166 Å². The summed E-state index contributed by atoms with van der Waals surface area (Å²) in [4.78, 5) is 7.44. The molecule has 150 valence electrons. The number of hydroxylamine groups is 1. The van der Waals surface area contributed by atoms with Gasteiger partial charge in [-0.1, -0.05) is 17.7 Å². The second-order valence-corrected chi connectivity index (χ2v) is 7.67. The molecule has 2 aromatic carbocycles. The van der Waals surface area contributed by atoms with Crippen molar-refractivity contribution >= 4 is 17.3 Å². The number of benzene rings is 2. The number of phenolic OH excluding ortho intramolecular Hbond substituents is 1. The molecule has 0 bridgehead atoms. The highest BCUT2D eigenvalue weighted by molar-refractivity contribution is 6.30. The summed E-state index contributed by atoms with van der Waals surface area (Å²) >= 11 is 5.94. The van der Waals surface area contributed by atoms with Crippen molar-refractivity contribution in [2.24, 2.45) is 5.41 Å². The van der Waals surface area contributed by atoms with Crippen molar-refractivity contribution in [2.45, 2.75) is 25.0 Å². The third-order valence-electron chi connectivity index (χ3n) is 5.39. The van der Waals surface area contributed by atoms with Gasteiger partial charge in [-0.15, -0.1) is 0 Å². The Balaban J connectivity index is 1.52. The largest absolute Gasteiger partial charge is 0.505 e. The van der Waals surface area contributed by atoms with Gasteiger partial charge in [0.1, 0.15) is 18.6 Å². The third kappa shape index (κ3) is 3.43. The Morgan fingerprint density at radius 3 is 2.68 bits per heavy atom. The van der Waals surface area contributed by atoms with Crippen LogP contribution in [0.15, 0.2) is 42.5 Å². The van der Waals surface area contributed by atoms with Gasteiger partial charge in [0.15, 0.2) is 11.6 Å². The number of phenols is 1. The van der Waals surface area contributed by atoms with Crippen molar-refractivity contribution < 1.29 is 24.5 Å². The Morgan fingerprint density at radius 2 is 2.00 bits per heavy atom. The van der Waals surface area contributed by atoms with Crippen LogP contribution in [0, 0.1) is 11.2 Å². The van der Waals surface area contributed by atoms with Crippen LogP contribution in [0.1, 0.15) is 18.2 Å². The zero-order valence-electron chi connectivity index (χ0n) is 14.8. The number of aromatic hydroxyl groups is 1. The van der Waals surface area contributed by atoms with Gasteiger partial charge in [-0.2, -0.15) is 5.48 Å². The highest BCUT2D eigenvalue weighted by Crippen LogP contribution is 2.41. The molecule has 0 spiro atoms.